The minimum absolute atomic E-state index is 0.103. The summed E-state index contributed by atoms with van der Waals surface area (Å²) in [5.41, 5.74) is 2.23. The third kappa shape index (κ3) is 7.66. The summed E-state index contributed by atoms with van der Waals surface area (Å²) in [6.07, 6.45) is -0.356. The maximum atomic E-state index is 13.7. The number of urea groups is 1. The summed E-state index contributed by atoms with van der Waals surface area (Å²) in [6, 6.07) is 16.6. The average molecular weight is 616 g/mol. The van der Waals surface area contributed by atoms with E-state index in [4.69, 9.17) is 32.7 Å². The van der Waals surface area contributed by atoms with E-state index in [2.05, 4.69) is 15.5 Å². The number of nitrogens with one attached hydrogen (secondary N) is 2. The molecule has 4 rings (SSSR count). The van der Waals surface area contributed by atoms with Crippen molar-refractivity contribution in [3.8, 4) is 11.5 Å². The third-order valence-corrected chi connectivity index (χ3v) is 7.95. The molecule has 0 radical (unpaired) electrons. The highest BCUT2D eigenvalue weighted by molar-refractivity contribution is 6.42. The predicted octanol–water partition coefficient (Wildman–Crippen LogP) is 6.00. The van der Waals surface area contributed by atoms with Gasteiger partial charge in [0.25, 0.3) is 5.91 Å². The fourth-order valence-corrected chi connectivity index (χ4v) is 5.16. The minimum Gasteiger partial charge on any atom is -0.497 e. The Morgan fingerprint density at radius 2 is 1.88 bits per heavy atom. The molecule has 3 aromatic carbocycles. The topological polar surface area (TPSA) is 103 Å². The van der Waals surface area contributed by atoms with Crippen molar-refractivity contribution in [3.05, 3.63) is 81.8 Å². The van der Waals surface area contributed by atoms with E-state index in [1.54, 1.807) is 60.5 Å². The lowest BCUT2D eigenvalue weighted by Gasteiger charge is -2.38. The number of benzene rings is 3. The molecule has 1 aliphatic rings. The molecule has 0 spiro atoms. The van der Waals surface area contributed by atoms with Gasteiger partial charge in [0, 0.05) is 31.2 Å². The SMILES string of the molecule is COc1ccc(NC(=O)Nc2cccc3c2O[C@@H](CN(C)Cc2ccc(Cl)c(Cl)c2)[C@@H](C)CN([C@@H](C)CO)C3=O)cc1. The van der Waals surface area contributed by atoms with Crippen LogP contribution in [0, 0.1) is 5.92 Å². The van der Waals surface area contributed by atoms with Crippen LogP contribution in [0.5, 0.6) is 11.5 Å². The quantitative estimate of drug-likeness (QED) is 0.273. The highest BCUT2D eigenvalue weighted by Gasteiger charge is 2.34. The number of hydrogen-bond acceptors (Lipinski definition) is 6. The number of methoxy groups -OCH3 is 1. The van der Waals surface area contributed by atoms with E-state index in [0.29, 0.717) is 52.4 Å². The monoisotopic (exact) mass is 614 g/mol. The fraction of sp³-hybridized carbons (Fsp3) is 0.355. The van der Waals surface area contributed by atoms with Gasteiger partial charge in [-0.05, 0) is 68.1 Å². The summed E-state index contributed by atoms with van der Waals surface area (Å²) in [7, 11) is 3.55. The van der Waals surface area contributed by atoms with Gasteiger partial charge in [-0.3, -0.25) is 9.69 Å². The molecule has 224 valence electrons. The summed E-state index contributed by atoms with van der Waals surface area (Å²) in [5.74, 6) is 0.569. The van der Waals surface area contributed by atoms with Gasteiger partial charge in [-0.15, -0.1) is 0 Å². The van der Waals surface area contributed by atoms with Gasteiger partial charge >= 0.3 is 6.03 Å². The summed E-state index contributed by atoms with van der Waals surface area (Å²) < 4.78 is 11.8. The number of hydrogen-bond donors (Lipinski definition) is 3. The standard InChI is InChI=1S/C31H36Cl2N4O5/c1-19-15-37(20(2)18-38)30(39)24-6-5-7-27(35-31(40)34-22-9-11-23(41-4)12-10-22)29(24)42-28(19)17-36(3)16-21-8-13-25(32)26(33)14-21/h5-14,19-20,28,38H,15-18H2,1-4H3,(H2,34,35,40)/t19-,20-,28-/m0/s1. The zero-order valence-corrected chi connectivity index (χ0v) is 25.6. The number of rotatable bonds is 9. The van der Waals surface area contributed by atoms with Crippen molar-refractivity contribution < 1.29 is 24.2 Å². The van der Waals surface area contributed by atoms with Gasteiger partial charge in [-0.1, -0.05) is 42.3 Å². The van der Waals surface area contributed by atoms with E-state index >= 15 is 0 Å². The van der Waals surface area contributed by atoms with E-state index in [1.165, 1.54) is 0 Å². The minimum atomic E-state index is -0.492. The normalized spacial score (nSPS) is 17.5. The van der Waals surface area contributed by atoms with E-state index in [-0.39, 0.29) is 30.3 Å². The Labute approximate surface area is 256 Å². The van der Waals surface area contributed by atoms with Crippen LogP contribution in [0.1, 0.15) is 29.8 Å². The van der Waals surface area contributed by atoms with Crippen molar-refractivity contribution in [2.75, 3.05) is 44.5 Å². The van der Waals surface area contributed by atoms with Crippen LogP contribution >= 0.6 is 23.2 Å². The Morgan fingerprint density at radius 1 is 1.14 bits per heavy atom. The Morgan fingerprint density at radius 3 is 2.55 bits per heavy atom. The molecule has 0 aliphatic carbocycles. The number of halogens is 2. The molecule has 3 aromatic rings. The van der Waals surface area contributed by atoms with Crippen molar-refractivity contribution >= 4 is 46.5 Å². The molecule has 42 heavy (non-hydrogen) atoms. The van der Waals surface area contributed by atoms with Crippen molar-refractivity contribution in [3.63, 3.8) is 0 Å². The molecule has 9 nitrogen and oxygen atoms in total. The number of nitrogens with zero attached hydrogens (tertiary/aromatic N) is 2. The summed E-state index contributed by atoms with van der Waals surface area (Å²) in [5, 5.41) is 16.6. The van der Waals surface area contributed by atoms with Gasteiger partial charge in [0.05, 0.1) is 41.1 Å². The molecule has 1 aliphatic heterocycles. The first-order valence-electron chi connectivity index (χ1n) is 13.7. The Hall–Kier alpha value is -3.50. The van der Waals surface area contributed by atoms with Crippen LogP contribution < -0.4 is 20.1 Å². The molecular formula is C31H36Cl2N4O5. The molecule has 1 heterocycles. The lowest BCUT2D eigenvalue weighted by Crippen LogP contribution is -2.49. The number of para-hydroxylation sites is 1. The fourth-order valence-electron chi connectivity index (χ4n) is 4.84. The molecule has 0 saturated heterocycles. The Balaban J connectivity index is 1.61. The van der Waals surface area contributed by atoms with E-state index in [1.807, 2.05) is 33.0 Å². The largest absolute Gasteiger partial charge is 0.497 e. The van der Waals surface area contributed by atoms with Gasteiger partial charge in [0.1, 0.15) is 11.9 Å². The van der Waals surface area contributed by atoms with Gasteiger partial charge in [-0.25, -0.2) is 4.79 Å². The number of aliphatic hydroxyl groups is 1. The first kappa shape index (κ1) is 31.4. The molecule has 0 aromatic heterocycles. The molecule has 0 saturated carbocycles. The molecule has 3 atom stereocenters. The van der Waals surface area contributed by atoms with Crippen molar-refractivity contribution in [2.45, 2.75) is 32.5 Å². The van der Waals surface area contributed by atoms with Gasteiger partial charge in [-0.2, -0.15) is 0 Å². The Bertz CT molecular complexity index is 1400. The smallest absolute Gasteiger partial charge is 0.323 e. The molecule has 11 heteroatoms. The molecular weight excluding hydrogens is 579 g/mol. The van der Waals surface area contributed by atoms with Crippen molar-refractivity contribution in [2.24, 2.45) is 5.92 Å². The highest BCUT2D eigenvalue weighted by atomic mass is 35.5. The molecule has 0 fully saturated rings. The van der Waals surface area contributed by atoms with Crippen LogP contribution in [0.3, 0.4) is 0 Å². The highest BCUT2D eigenvalue weighted by Crippen LogP contribution is 2.35. The molecule has 3 N–H and O–H groups in total. The first-order valence-corrected chi connectivity index (χ1v) is 14.4. The number of amides is 3. The maximum absolute atomic E-state index is 13.7. The average Bonchev–Trinajstić information content (AvgIpc) is 2.97. The number of aliphatic hydroxyl groups excluding tert-OH is 1. The predicted molar refractivity (Wildman–Crippen MR) is 166 cm³/mol. The summed E-state index contributed by atoms with van der Waals surface area (Å²) in [6.45, 7) is 5.14. The van der Waals surface area contributed by atoms with Crippen LogP contribution in [0.15, 0.2) is 60.7 Å². The van der Waals surface area contributed by atoms with Crippen LogP contribution in [-0.2, 0) is 6.54 Å². The van der Waals surface area contributed by atoms with E-state index < -0.39 is 12.1 Å². The van der Waals surface area contributed by atoms with Gasteiger partial charge in [0.15, 0.2) is 5.75 Å². The van der Waals surface area contributed by atoms with Crippen LogP contribution in [0.2, 0.25) is 10.0 Å². The third-order valence-electron chi connectivity index (χ3n) is 7.22. The van der Waals surface area contributed by atoms with Gasteiger partial charge < -0.3 is 30.1 Å². The second-order valence-corrected chi connectivity index (χ2v) is 11.4. The molecule has 3 amide bonds. The van der Waals surface area contributed by atoms with Gasteiger partial charge in [0.2, 0.25) is 0 Å². The van der Waals surface area contributed by atoms with E-state index in [0.717, 1.165) is 5.56 Å². The van der Waals surface area contributed by atoms with Crippen molar-refractivity contribution in [1.29, 1.82) is 0 Å². The second-order valence-electron chi connectivity index (χ2n) is 10.6. The second kappa shape index (κ2) is 14.1. The van der Waals surface area contributed by atoms with E-state index in [9.17, 15) is 14.7 Å². The first-order chi connectivity index (χ1) is 20.1. The molecule has 0 bridgehead atoms. The Kier molecular flexibility index (Phi) is 10.6. The number of carbonyl (C=O) groups excluding carboxylic acids is 2. The lowest BCUT2D eigenvalue weighted by atomic mass is 9.99. The lowest BCUT2D eigenvalue weighted by molar-refractivity contribution is 0.0343. The zero-order chi connectivity index (χ0) is 30.4. The number of carbonyl (C=O) groups is 2. The van der Waals surface area contributed by atoms with Crippen LogP contribution in [0.4, 0.5) is 16.2 Å². The number of likely N-dealkylation sites (N-methyl/N-ethyl adjacent to an activating group) is 1. The maximum Gasteiger partial charge on any atom is 0.323 e. The number of ether oxygens (including phenoxy) is 2. The number of anilines is 2. The van der Waals surface area contributed by atoms with Crippen LogP contribution in [0.25, 0.3) is 0 Å². The molecule has 0 unspecified atom stereocenters. The summed E-state index contributed by atoms with van der Waals surface area (Å²) in [4.78, 5) is 30.5. The van der Waals surface area contributed by atoms with Crippen molar-refractivity contribution in [1.82, 2.24) is 9.80 Å². The summed E-state index contributed by atoms with van der Waals surface area (Å²) >= 11 is 12.3. The number of fused-ring (bicyclic) bond motifs is 1. The zero-order valence-electron chi connectivity index (χ0n) is 24.1. The van der Waals surface area contributed by atoms with Crippen LogP contribution in [-0.4, -0.2) is 72.8 Å².